The van der Waals surface area contributed by atoms with Gasteiger partial charge in [-0.15, -0.1) is 11.3 Å². The van der Waals surface area contributed by atoms with Crippen LogP contribution in [0.4, 0.5) is 0 Å². The first-order valence-electron chi connectivity index (χ1n) is 8.76. The molecule has 1 N–H and O–H groups in total. The fraction of sp³-hybridized carbons (Fsp3) is 0.400. The van der Waals surface area contributed by atoms with Crippen molar-refractivity contribution in [2.75, 3.05) is 33.4 Å². The van der Waals surface area contributed by atoms with E-state index < -0.39 is 0 Å². The predicted molar refractivity (Wildman–Crippen MR) is 103 cm³/mol. The Kier molecular flexibility index (Phi) is 6.06. The molecule has 0 radical (unpaired) electrons. The molecule has 6 heteroatoms. The summed E-state index contributed by atoms with van der Waals surface area (Å²) in [5.41, 5.74) is 2.28. The van der Waals surface area contributed by atoms with Crippen LogP contribution in [0.1, 0.15) is 26.7 Å². The van der Waals surface area contributed by atoms with E-state index in [9.17, 15) is 9.59 Å². The van der Waals surface area contributed by atoms with Gasteiger partial charge in [-0.05, 0) is 23.9 Å². The van der Waals surface area contributed by atoms with Crippen molar-refractivity contribution in [3.05, 3.63) is 57.8 Å². The van der Waals surface area contributed by atoms with Crippen LogP contribution in [0.2, 0.25) is 0 Å². The lowest BCUT2D eigenvalue weighted by atomic mass is 9.88. The van der Waals surface area contributed by atoms with Crippen molar-refractivity contribution in [3.63, 3.8) is 0 Å². The Bertz CT molecular complexity index is 743. The molecule has 2 aromatic rings. The molecule has 0 spiro atoms. The van der Waals surface area contributed by atoms with Crippen LogP contribution in [0, 0.1) is 12.8 Å². The predicted octanol–water partition coefficient (Wildman–Crippen LogP) is 2.67. The van der Waals surface area contributed by atoms with Gasteiger partial charge in [-0.2, -0.15) is 0 Å². The molecule has 0 unspecified atom stereocenters. The molecule has 1 saturated heterocycles. The van der Waals surface area contributed by atoms with E-state index in [0.717, 1.165) is 5.56 Å². The van der Waals surface area contributed by atoms with Gasteiger partial charge in [-0.1, -0.05) is 35.9 Å². The highest BCUT2D eigenvalue weighted by Crippen LogP contribution is 2.34. The van der Waals surface area contributed by atoms with Crippen molar-refractivity contribution < 1.29 is 14.3 Å². The first kappa shape index (κ1) is 18.6. The minimum absolute atomic E-state index is 0.00190. The van der Waals surface area contributed by atoms with Crippen LogP contribution in [0.15, 0.2) is 41.8 Å². The van der Waals surface area contributed by atoms with Gasteiger partial charge in [-0.3, -0.25) is 9.59 Å². The number of thiophene rings is 1. The molecule has 0 saturated carbocycles. The third-order valence-electron chi connectivity index (χ3n) is 4.79. The molecule has 1 aliphatic heterocycles. The van der Waals surface area contributed by atoms with Gasteiger partial charge in [0.25, 0.3) is 5.91 Å². The van der Waals surface area contributed by atoms with Gasteiger partial charge in [-0.25, -0.2) is 0 Å². The van der Waals surface area contributed by atoms with Gasteiger partial charge in [0.15, 0.2) is 0 Å². The molecule has 0 aliphatic carbocycles. The zero-order valence-electron chi connectivity index (χ0n) is 15.1. The maximum absolute atomic E-state index is 12.8. The van der Waals surface area contributed by atoms with E-state index in [2.05, 4.69) is 29.6 Å². The van der Waals surface area contributed by atoms with E-state index in [1.807, 2.05) is 24.4 Å². The smallest absolute Gasteiger partial charge is 0.263 e. The normalized spacial score (nSPS) is 19.5. The Balaban J connectivity index is 1.79. The van der Waals surface area contributed by atoms with Crippen LogP contribution >= 0.6 is 11.3 Å². The molecule has 138 valence electrons. The number of carbonyl (C=O) groups excluding carboxylic acids is 2. The zero-order chi connectivity index (χ0) is 18.5. The Morgan fingerprint density at radius 3 is 2.65 bits per heavy atom. The summed E-state index contributed by atoms with van der Waals surface area (Å²) in [4.78, 5) is 28.0. The number of hydrogen-bond acceptors (Lipinski definition) is 4. The number of aryl methyl sites for hydroxylation is 1. The number of likely N-dealkylation sites (tertiary alicyclic amines) is 1. The molecule has 1 aromatic carbocycles. The number of rotatable bonds is 6. The number of nitrogens with zero attached hydrogens (tertiary/aromatic N) is 1. The monoisotopic (exact) mass is 372 g/mol. The highest BCUT2D eigenvalue weighted by atomic mass is 32.1. The Labute approximate surface area is 158 Å². The van der Waals surface area contributed by atoms with Crippen molar-refractivity contribution in [1.82, 2.24) is 10.2 Å². The molecule has 1 aromatic heterocycles. The molecule has 2 atom stereocenters. The molecular formula is C20H24N2O3S. The molecule has 1 fully saturated rings. The van der Waals surface area contributed by atoms with E-state index in [4.69, 9.17) is 4.74 Å². The second-order valence-electron chi connectivity index (χ2n) is 6.59. The van der Waals surface area contributed by atoms with Gasteiger partial charge in [0, 0.05) is 32.7 Å². The maximum atomic E-state index is 12.8. The van der Waals surface area contributed by atoms with E-state index in [1.54, 1.807) is 12.0 Å². The van der Waals surface area contributed by atoms with Crippen LogP contribution in [0.25, 0.3) is 0 Å². The minimum Gasteiger partial charge on any atom is -0.383 e. The number of hydrogen-bond donors (Lipinski definition) is 1. The Morgan fingerprint density at radius 2 is 2.00 bits per heavy atom. The van der Waals surface area contributed by atoms with Crippen LogP contribution < -0.4 is 5.32 Å². The van der Waals surface area contributed by atoms with Crippen molar-refractivity contribution >= 4 is 23.2 Å². The van der Waals surface area contributed by atoms with E-state index in [-0.39, 0.29) is 23.7 Å². The lowest BCUT2D eigenvalue weighted by Gasteiger charge is -2.18. The summed E-state index contributed by atoms with van der Waals surface area (Å²) in [5.74, 6) is -0.265. The topological polar surface area (TPSA) is 58.6 Å². The Morgan fingerprint density at radius 1 is 1.23 bits per heavy atom. The Hall–Kier alpha value is -2.18. The number of methoxy groups -OCH3 is 1. The van der Waals surface area contributed by atoms with Crippen molar-refractivity contribution in [2.24, 2.45) is 5.92 Å². The fourth-order valence-electron chi connectivity index (χ4n) is 3.35. The molecular weight excluding hydrogens is 348 g/mol. The number of benzene rings is 1. The lowest BCUT2D eigenvalue weighted by Crippen LogP contribution is -2.37. The van der Waals surface area contributed by atoms with Crippen LogP contribution in [-0.2, 0) is 9.53 Å². The summed E-state index contributed by atoms with van der Waals surface area (Å²) >= 11 is 1.44. The van der Waals surface area contributed by atoms with Gasteiger partial charge in [0.05, 0.1) is 17.4 Å². The highest BCUT2D eigenvalue weighted by Gasteiger charge is 2.40. The second-order valence-corrected chi connectivity index (χ2v) is 7.54. The molecule has 2 amide bonds. The van der Waals surface area contributed by atoms with Crippen molar-refractivity contribution in [3.8, 4) is 0 Å². The van der Waals surface area contributed by atoms with Crippen molar-refractivity contribution in [2.45, 2.75) is 12.8 Å². The average molecular weight is 372 g/mol. The minimum atomic E-state index is -0.251. The number of nitrogens with one attached hydrogen (secondary N) is 1. The van der Waals surface area contributed by atoms with Crippen LogP contribution in [0.5, 0.6) is 0 Å². The van der Waals surface area contributed by atoms with Gasteiger partial charge < -0.3 is 15.0 Å². The molecule has 2 heterocycles. The van der Waals surface area contributed by atoms with Gasteiger partial charge in [0.2, 0.25) is 5.91 Å². The third-order valence-corrected chi connectivity index (χ3v) is 5.64. The molecule has 26 heavy (non-hydrogen) atoms. The van der Waals surface area contributed by atoms with E-state index in [1.165, 1.54) is 16.9 Å². The molecule has 1 aliphatic rings. The van der Waals surface area contributed by atoms with Crippen LogP contribution in [-0.4, -0.2) is 50.1 Å². The number of carbonyl (C=O) groups is 2. The molecule has 0 bridgehead atoms. The summed E-state index contributed by atoms with van der Waals surface area (Å²) in [5, 5.41) is 4.83. The summed E-state index contributed by atoms with van der Waals surface area (Å²) in [6.07, 6.45) is 0. The number of amides is 2. The summed E-state index contributed by atoms with van der Waals surface area (Å²) in [7, 11) is 1.61. The molecule has 3 rings (SSSR count). The first-order chi connectivity index (χ1) is 12.6. The standard InChI is InChI=1S/C20H24N2O3S/c1-14-5-7-15(8-6-14)16-12-22(20(24)18-4-3-11-26-18)13-17(16)19(23)21-9-10-25-2/h3-8,11,16-17H,9-10,12-13H2,1-2H3,(H,21,23)/t16-,17+/m1/s1. The fourth-order valence-corrected chi connectivity index (χ4v) is 4.04. The molecule has 5 nitrogen and oxygen atoms in total. The summed E-state index contributed by atoms with van der Waals surface area (Å²) in [6, 6.07) is 11.9. The highest BCUT2D eigenvalue weighted by molar-refractivity contribution is 7.12. The zero-order valence-corrected chi connectivity index (χ0v) is 15.9. The quantitative estimate of drug-likeness (QED) is 0.793. The van der Waals surface area contributed by atoms with E-state index in [0.29, 0.717) is 31.1 Å². The van der Waals surface area contributed by atoms with Crippen molar-refractivity contribution in [1.29, 1.82) is 0 Å². The summed E-state index contributed by atoms with van der Waals surface area (Å²) in [6.45, 7) is 3.99. The van der Waals surface area contributed by atoms with Crippen LogP contribution in [0.3, 0.4) is 0 Å². The number of ether oxygens (including phenoxy) is 1. The SMILES string of the molecule is COCCNC(=O)[C@H]1CN(C(=O)c2cccs2)C[C@@H]1c1ccc(C)cc1. The summed E-state index contributed by atoms with van der Waals surface area (Å²) < 4.78 is 5.01. The van der Waals surface area contributed by atoms with Gasteiger partial charge in [0.1, 0.15) is 0 Å². The lowest BCUT2D eigenvalue weighted by molar-refractivity contribution is -0.125. The second kappa shape index (κ2) is 8.47. The largest absolute Gasteiger partial charge is 0.383 e. The first-order valence-corrected chi connectivity index (χ1v) is 9.64. The van der Waals surface area contributed by atoms with E-state index >= 15 is 0 Å². The maximum Gasteiger partial charge on any atom is 0.263 e. The van der Waals surface area contributed by atoms with Gasteiger partial charge >= 0.3 is 0 Å². The third kappa shape index (κ3) is 4.14. The average Bonchev–Trinajstić information content (AvgIpc) is 3.32.